The Morgan fingerprint density at radius 2 is 0.578 bits per heavy atom. The van der Waals surface area contributed by atoms with E-state index < -0.39 is 14.3 Å². The third kappa shape index (κ3) is 9.55. The van der Waals surface area contributed by atoms with E-state index in [2.05, 4.69) is 107 Å². The number of hydrogen-bond donors (Lipinski definition) is 0. The molecule has 0 aliphatic carbocycles. The zero-order valence-corrected chi connectivity index (χ0v) is 47.4. The minimum Gasteiger partial charge on any atom is -0.309 e. The molecule has 83 heavy (non-hydrogen) atoms. The molecule has 5 heterocycles. The van der Waals surface area contributed by atoms with E-state index in [9.17, 15) is 0 Å². The fraction of sp³-hybridized carbons (Fsp3) is 0. The van der Waals surface area contributed by atoms with Gasteiger partial charge in [-0.2, -0.15) is 0 Å². The van der Waals surface area contributed by atoms with E-state index in [4.69, 9.17) is 9.97 Å². The van der Waals surface area contributed by atoms with Gasteiger partial charge in [-0.3, -0.25) is 19.9 Å². The molecule has 6 nitrogen and oxygen atoms in total. The van der Waals surface area contributed by atoms with Crippen molar-refractivity contribution < 1.29 is 9.13 Å². The summed E-state index contributed by atoms with van der Waals surface area (Å²) >= 11 is 1.70. The molecule has 0 spiro atoms. The lowest BCUT2D eigenvalue weighted by Gasteiger charge is -2.20. The molecule has 0 amide bonds. The minimum absolute atomic E-state index is 0.793. The molecule has 15 rings (SSSR count). The number of hydrogen-bond acceptors (Lipinski definition) is 7. The molecule has 0 atom stereocenters. The van der Waals surface area contributed by atoms with Gasteiger partial charge < -0.3 is 9.13 Å². The van der Waals surface area contributed by atoms with Crippen LogP contribution >= 0.6 is 25.6 Å². The van der Waals surface area contributed by atoms with Gasteiger partial charge in [0.05, 0.1) is 22.8 Å². The fourth-order valence-electron chi connectivity index (χ4n) is 11.4. The van der Waals surface area contributed by atoms with E-state index >= 15 is 9.13 Å². The Kier molecular flexibility index (Phi) is 13.6. The zero-order chi connectivity index (χ0) is 55.7. The van der Waals surface area contributed by atoms with E-state index in [0.717, 1.165) is 97.0 Å². The number of rotatable bonds is 10. The molecular weight excluding hydrogens is 1070 g/mol. The van der Waals surface area contributed by atoms with Crippen LogP contribution in [0.2, 0.25) is 0 Å². The highest BCUT2D eigenvalue weighted by atomic mass is 32.1. The molecule has 394 valence electrons. The second kappa shape index (κ2) is 22.0. The fourth-order valence-corrected chi connectivity index (χ4v) is 17.8. The number of nitrogens with zero attached hydrogens (tertiary/aromatic N) is 4. The lowest BCUT2D eigenvalue weighted by molar-refractivity contribution is 0.591. The quantitative estimate of drug-likeness (QED) is 0.100. The van der Waals surface area contributed by atoms with E-state index in [0.29, 0.717) is 0 Å². The third-order valence-electron chi connectivity index (χ3n) is 15.5. The summed E-state index contributed by atoms with van der Waals surface area (Å²) in [6.45, 7) is 0. The van der Waals surface area contributed by atoms with Gasteiger partial charge in [-0.15, -0.1) is 11.3 Å². The van der Waals surface area contributed by atoms with Crippen LogP contribution in [0.5, 0.6) is 0 Å². The van der Waals surface area contributed by atoms with Gasteiger partial charge in [0.1, 0.15) is 0 Å². The van der Waals surface area contributed by atoms with Crippen LogP contribution in [0, 0.1) is 0 Å². The van der Waals surface area contributed by atoms with Gasteiger partial charge in [-0.05, 0) is 128 Å². The minimum atomic E-state index is -3.12. The Morgan fingerprint density at radius 1 is 0.241 bits per heavy atom. The summed E-state index contributed by atoms with van der Waals surface area (Å²) < 4.78 is 32.4. The summed E-state index contributed by atoms with van der Waals surface area (Å²) in [5.74, 6) is 0. The number of benzene rings is 10. The van der Waals surface area contributed by atoms with Crippen molar-refractivity contribution in [1.82, 2.24) is 19.9 Å². The normalized spacial score (nSPS) is 11.7. The second-order valence-electron chi connectivity index (χ2n) is 20.4. The van der Waals surface area contributed by atoms with Crippen molar-refractivity contribution in [3.05, 3.63) is 304 Å². The molecule has 0 N–H and O–H groups in total. The maximum atomic E-state index is 15.1. The highest BCUT2D eigenvalue weighted by Crippen LogP contribution is 2.47. The molecule has 0 bridgehead atoms. The maximum Gasteiger partial charge on any atom is 0.171 e. The van der Waals surface area contributed by atoms with Gasteiger partial charge in [0, 0.05) is 87.9 Å². The molecule has 0 unspecified atom stereocenters. The molecule has 0 radical (unpaired) electrons. The summed E-state index contributed by atoms with van der Waals surface area (Å²) in [6, 6.07) is 93.6. The Hall–Kier alpha value is -9.74. The van der Waals surface area contributed by atoms with Gasteiger partial charge in [0.15, 0.2) is 14.3 Å². The maximum absolute atomic E-state index is 15.1. The molecule has 15 aromatic rings. The summed E-state index contributed by atoms with van der Waals surface area (Å²) in [4.78, 5) is 18.3. The lowest BCUT2D eigenvalue weighted by Crippen LogP contribution is -2.25. The Labute approximate surface area is 484 Å². The van der Waals surface area contributed by atoms with Crippen LogP contribution in [-0.2, 0) is 9.13 Å². The van der Waals surface area contributed by atoms with Crippen LogP contribution in [0.25, 0.3) is 97.5 Å². The predicted octanol–water partition coefficient (Wildman–Crippen LogP) is 16.7. The monoisotopic (exact) mass is 1120 g/mol. The van der Waals surface area contributed by atoms with Crippen LogP contribution in [0.1, 0.15) is 0 Å². The Balaban J connectivity index is 0.000000148. The van der Waals surface area contributed by atoms with Crippen LogP contribution in [0.15, 0.2) is 304 Å². The summed E-state index contributed by atoms with van der Waals surface area (Å²) in [5.41, 5.74) is 7.93. The van der Waals surface area contributed by atoms with Crippen molar-refractivity contribution in [2.24, 2.45) is 0 Å². The first-order valence-corrected chi connectivity index (χ1v) is 31.7. The molecule has 5 aromatic heterocycles. The number of aromatic nitrogens is 4. The smallest absolute Gasteiger partial charge is 0.171 e. The van der Waals surface area contributed by atoms with Gasteiger partial charge in [-0.25, -0.2) is 0 Å². The first-order valence-electron chi connectivity index (χ1n) is 27.4. The van der Waals surface area contributed by atoms with Crippen molar-refractivity contribution in [1.29, 1.82) is 0 Å². The Morgan fingerprint density at radius 3 is 0.928 bits per heavy atom. The second-order valence-corrected chi connectivity index (χ2v) is 27.0. The summed E-state index contributed by atoms with van der Waals surface area (Å²) in [6.07, 6.45) is 7.47. The van der Waals surface area contributed by atoms with Crippen molar-refractivity contribution in [3.63, 3.8) is 0 Å². The third-order valence-corrected chi connectivity index (χ3v) is 22.8. The molecular formula is C74H50N4O2P2S. The molecule has 10 aromatic carbocycles. The topological polar surface area (TPSA) is 85.7 Å². The van der Waals surface area contributed by atoms with Crippen molar-refractivity contribution in [3.8, 4) is 45.0 Å². The molecule has 0 aliphatic rings. The largest absolute Gasteiger partial charge is 0.309 e. The summed E-state index contributed by atoms with van der Waals surface area (Å²) in [5, 5.41) is 14.3. The van der Waals surface area contributed by atoms with Gasteiger partial charge >= 0.3 is 0 Å². The number of pyridine rings is 4. The van der Waals surface area contributed by atoms with Gasteiger partial charge in [0.25, 0.3) is 0 Å². The molecule has 0 saturated heterocycles. The standard InChI is InChI=1S/C38H24N4.C36H26O2P2S/c1-2-8-30-29(7-1)33-21-25(27-13-17-37(41-23-27)35-9-3-5-19-39-35)11-15-31(33)32-16-12-26(22-34(30)32)28-14-18-38(42-24-28)36-10-4-6-20-40-36;37-39(27-13-5-1-6-14-27,28-15-7-2-8-16-28)31-21-23-35-33(25-31)34-26-32(22-24-36(34)41-35)40(38,29-17-9-3-10-18-29)30-19-11-4-12-20-30/h1-24H;1-26H. The highest BCUT2D eigenvalue weighted by molar-refractivity contribution is 7.85. The number of fused-ring (bicyclic) bond motifs is 9. The van der Waals surface area contributed by atoms with Crippen molar-refractivity contribution >= 4 is 110 Å². The van der Waals surface area contributed by atoms with Crippen molar-refractivity contribution in [2.45, 2.75) is 0 Å². The molecule has 0 fully saturated rings. The first-order chi connectivity index (χ1) is 40.9. The number of thiophene rings is 1. The van der Waals surface area contributed by atoms with Crippen LogP contribution in [-0.4, -0.2) is 19.9 Å². The van der Waals surface area contributed by atoms with Crippen LogP contribution in [0.3, 0.4) is 0 Å². The van der Waals surface area contributed by atoms with Gasteiger partial charge in [-0.1, -0.05) is 194 Å². The Bertz CT molecular complexity index is 4520. The van der Waals surface area contributed by atoms with E-state index in [1.54, 1.807) is 23.7 Å². The van der Waals surface area contributed by atoms with Crippen molar-refractivity contribution in [2.75, 3.05) is 0 Å². The van der Waals surface area contributed by atoms with Gasteiger partial charge in [0.2, 0.25) is 0 Å². The van der Waals surface area contributed by atoms with Crippen LogP contribution < -0.4 is 31.8 Å². The SMILES string of the molecule is O=P(c1ccccc1)(c1ccccc1)c1ccc2sc3ccc(P(=O)(c4ccccc4)c4ccccc4)cc3c2c1.c1ccc(-c2ccc(-c3ccc4c5ccc(-c6ccc(-c7ccccn7)nc6)cc5c5ccccc5c4c3)cn2)nc1. The van der Waals surface area contributed by atoms with E-state index in [1.165, 1.54) is 32.3 Å². The molecule has 0 saturated carbocycles. The van der Waals surface area contributed by atoms with E-state index in [-0.39, 0.29) is 0 Å². The average molecular weight is 1120 g/mol. The lowest BCUT2D eigenvalue weighted by atomic mass is 9.90. The zero-order valence-electron chi connectivity index (χ0n) is 44.8. The molecule has 9 heteroatoms. The summed E-state index contributed by atoms with van der Waals surface area (Å²) in [7, 11) is -6.25. The highest BCUT2D eigenvalue weighted by Gasteiger charge is 2.32. The first kappa shape index (κ1) is 51.4. The predicted molar refractivity (Wildman–Crippen MR) is 350 cm³/mol. The van der Waals surface area contributed by atoms with E-state index in [1.807, 2.05) is 194 Å². The molecule has 0 aliphatic heterocycles. The van der Waals surface area contributed by atoms with Crippen LogP contribution in [0.4, 0.5) is 0 Å². The average Bonchev–Trinajstić information content (AvgIpc) is 4.17.